The van der Waals surface area contributed by atoms with Gasteiger partial charge >= 0.3 is 0 Å². The number of hydrogen-bond donors (Lipinski definition) is 1. The van der Waals surface area contributed by atoms with E-state index in [1.54, 1.807) is 0 Å². The summed E-state index contributed by atoms with van der Waals surface area (Å²) in [6.45, 7) is 4.42. The minimum absolute atomic E-state index is 0.394. The van der Waals surface area contributed by atoms with Crippen molar-refractivity contribution in [3.05, 3.63) is 34.9 Å². The lowest BCUT2D eigenvalue weighted by atomic mass is 9.93. The normalized spacial score (nSPS) is 32.3. The Hall–Kier alpha value is -0.820. The van der Waals surface area contributed by atoms with Crippen molar-refractivity contribution < 1.29 is 0 Å². The summed E-state index contributed by atoms with van der Waals surface area (Å²) < 4.78 is 0. The average molecular weight is 229 g/mol. The van der Waals surface area contributed by atoms with Crippen LogP contribution in [0.3, 0.4) is 0 Å². The molecule has 2 fully saturated rings. The van der Waals surface area contributed by atoms with Crippen LogP contribution in [0.4, 0.5) is 0 Å². The van der Waals surface area contributed by atoms with Crippen molar-refractivity contribution in [2.75, 3.05) is 0 Å². The summed E-state index contributed by atoms with van der Waals surface area (Å²) in [6, 6.07) is 6.96. The van der Waals surface area contributed by atoms with Crippen LogP contribution in [0.1, 0.15) is 36.0 Å². The number of nitrogens with two attached hydrogens (primary N) is 1. The Balaban J connectivity index is 1.71. The van der Waals surface area contributed by atoms with Crippen LogP contribution >= 0.6 is 0 Å². The fourth-order valence-electron chi connectivity index (χ4n) is 4.05. The van der Waals surface area contributed by atoms with Crippen LogP contribution in [-0.2, 0) is 6.42 Å². The zero-order valence-corrected chi connectivity index (χ0v) is 10.9. The molecule has 1 aromatic carbocycles. The van der Waals surface area contributed by atoms with Crippen molar-refractivity contribution in [2.24, 2.45) is 23.5 Å². The molecule has 3 atom stereocenters. The third kappa shape index (κ3) is 1.91. The Bertz CT molecular complexity index is 393. The Kier molecular flexibility index (Phi) is 2.74. The van der Waals surface area contributed by atoms with Gasteiger partial charge in [-0.15, -0.1) is 0 Å². The van der Waals surface area contributed by atoms with E-state index in [0.29, 0.717) is 6.04 Å². The monoisotopic (exact) mass is 229 g/mol. The smallest absolute Gasteiger partial charge is 0.0113 e. The maximum absolute atomic E-state index is 6.44. The molecule has 0 radical (unpaired) electrons. The summed E-state index contributed by atoms with van der Waals surface area (Å²) in [5.74, 6) is 2.80. The van der Waals surface area contributed by atoms with Crippen LogP contribution < -0.4 is 5.73 Å². The highest BCUT2D eigenvalue weighted by atomic mass is 14.7. The van der Waals surface area contributed by atoms with Gasteiger partial charge in [-0.05, 0) is 67.6 Å². The molecule has 0 aromatic heterocycles. The Morgan fingerprint density at radius 3 is 2.35 bits per heavy atom. The largest absolute Gasteiger partial charge is 0.327 e. The molecule has 92 valence electrons. The van der Waals surface area contributed by atoms with E-state index in [9.17, 15) is 0 Å². The molecule has 2 aliphatic rings. The van der Waals surface area contributed by atoms with Crippen LogP contribution in [-0.4, -0.2) is 6.04 Å². The predicted octanol–water partition coefficient (Wildman–Crippen LogP) is 3.22. The van der Waals surface area contributed by atoms with Crippen LogP contribution in [0, 0.1) is 31.6 Å². The second-order valence-electron chi connectivity index (χ2n) is 6.07. The quantitative estimate of drug-likeness (QED) is 0.846. The summed E-state index contributed by atoms with van der Waals surface area (Å²) in [6.07, 6.45) is 5.41. The highest BCUT2D eigenvalue weighted by Crippen LogP contribution is 2.58. The maximum Gasteiger partial charge on any atom is 0.0113 e. The first-order valence-corrected chi connectivity index (χ1v) is 6.99. The molecule has 1 aromatic rings. The lowest BCUT2D eigenvalue weighted by molar-refractivity contribution is 0.483. The van der Waals surface area contributed by atoms with Crippen LogP contribution in [0.25, 0.3) is 0 Å². The van der Waals surface area contributed by atoms with E-state index < -0.39 is 0 Å². The summed E-state index contributed by atoms with van der Waals surface area (Å²) >= 11 is 0. The van der Waals surface area contributed by atoms with Gasteiger partial charge in [-0.1, -0.05) is 24.6 Å². The van der Waals surface area contributed by atoms with Gasteiger partial charge in [0, 0.05) is 6.04 Å². The summed E-state index contributed by atoms with van der Waals surface area (Å²) in [4.78, 5) is 0. The second kappa shape index (κ2) is 4.13. The van der Waals surface area contributed by atoms with E-state index in [4.69, 9.17) is 5.73 Å². The Morgan fingerprint density at radius 2 is 1.76 bits per heavy atom. The number of benzene rings is 1. The molecule has 2 N–H and O–H groups in total. The van der Waals surface area contributed by atoms with Crippen LogP contribution in [0.5, 0.6) is 0 Å². The topological polar surface area (TPSA) is 26.0 Å². The molecule has 0 spiro atoms. The summed E-state index contributed by atoms with van der Waals surface area (Å²) in [7, 11) is 0. The molecular formula is C16H23N. The molecule has 0 aliphatic heterocycles. The van der Waals surface area contributed by atoms with Gasteiger partial charge in [-0.2, -0.15) is 0 Å². The van der Waals surface area contributed by atoms with E-state index in [1.807, 2.05) is 0 Å². The lowest BCUT2D eigenvalue weighted by Gasteiger charge is -2.17. The van der Waals surface area contributed by atoms with E-state index >= 15 is 0 Å². The molecule has 3 unspecified atom stereocenters. The second-order valence-corrected chi connectivity index (χ2v) is 6.07. The first-order chi connectivity index (χ1) is 8.18. The van der Waals surface area contributed by atoms with E-state index in [0.717, 1.165) is 24.2 Å². The first-order valence-electron chi connectivity index (χ1n) is 6.99. The number of fused-ring (bicyclic) bond motifs is 1. The SMILES string of the molecule is Cc1cccc(C)c1CC(N)C1C2CCCC21. The molecule has 17 heavy (non-hydrogen) atoms. The van der Waals surface area contributed by atoms with Crippen LogP contribution in [0.2, 0.25) is 0 Å². The lowest BCUT2D eigenvalue weighted by Crippen LogP contribution is -2.28. The van der Waals surface area contributed by atoms with Gasteiger partial charge in [0.25, 0.3) is 0 Å². The molecule has 1 nitrogen and oxygen atoms in total. The van der Waals surface area contributed by atoms with Crippen molar-refractivity contribution >= 4 is 0 Å². The standard InChI is InChI=1S/C16H23N/c1-10-5-3-6-11(2)14(10)9-15(17)16-12-7-4-8-13(12)16/h3,5-6,12-13,15-16H,4,7-9,17H2,1-2H3. The molecule has 0 saturated heterocycles. The summed E-state index contributed by atoms with van der Waals surface area (Å²) in [5.41, 5.74) is 10.7. The average Bonchev–Trinajstić information content (AvgIpc) is 2.78. The van der Waals surface area contributed by atoms with Gasteiger partial charge in [-0.25, -0.2) is 0 Å². The fourth-order valence-corrected chi connectivity index (χ4v) is 4.05. The molecule has 2 saturated carbocycles. The number of hydrogen-bond acceptors (Lipinski definition) is 1. The molecule has 1 heteroatoms. The minimum atomic E-state index is 0.394. The zero-order chi connectivity index (χ0) is 12.0. The molecule has 0 heterocycles. The summed E-state index contributed by atoms with van der Waals surface area (Å²) in [5, 5.41) is 0. The Morgan fingerprint density at radius 1 is 1.18 bits per heavy atom. The third-order valence-electron chi connectivity index (χ3n) is 5.05. The minimum Gasteiger partial charge on any atom is -0.327 e. The first kappa shape index (κ1) is 11.3. The van der Waals surface area contributed by atoms with Crippen molar-refractivity contribution in [1.29, 1.82) is 0 Å². The van der Waals surface area contributed by atoms with Gasteiger partial charge in [0.15, 0.2) is 0 Å². The molecule has 3 rings (SSSR count). The number of aryl methyl sites for hydroxylation is 2. The van der Waals surface area contributed by atoms with Gasteiger partial charge in [0.1, 0.15) is 0 Å². The molecular weight excluding hydrogens is 206 g/mol. The highest BCUT2D eigenvalue weighted by Gasteiger charge is 2.54. The van der Waals surface area contributed by atoms with Gasteiger partial charge in [-0.3, -0.25) is 0 Å². The maximum atomic E-state index is 6.44. The van der Waals surface area contributed by atoms with Gasteiger partial charge < -0.3 is 5.73 Å². The van der Waals surface area contributed by atoms with Crippen molar-refractivity contribution in [3.8, 4) is 0 Å². The van der Waals surface area contributed by atoms with Crippen molar-refractivity contribution in [2.45, 2.75) is 45.6 Å². The highest BCUT2D eigenvalue weighted by molar-refractivity contribution is 5.34. The fraction of sp³-hybridized carbons (Fsp3) is 0.625. The van der Waals surface area contributed by atoms with Crippen molar-refractivity contribution in [1.82, 2.24) is 0 Å². The predicted molar refractivity (Wildman–Crippen MR) is 71.9 cm³/mol. The van der Waals surface area contributed by atoms with Crippen LogP contribution in [0.15, 0.2) is 18.2 Å². The van der Waals surface area contributed by atoms with E-state index in [1.165, 1.54) is 36.0 Å². The number of rotatable bonds is 3. The third-order valence-corrected chi connectivity index (χ3v) is 5.05. The van der Waals surface area contributed by atoms with E-state index in [-0.39, 0.29) is 0 Å². The molecule has 2 aliphatic carbocycles. The van der Waals surface area contributed by atoms with Gasteiger partial charge in [0.05, 0.1) is 0 Å². The van der Waals surface area contributed by atoms with Gasteiger partial charge in [0.2, 0.25) is 0 Å². The van der Waals surface area contributed by atoms with E-state index in [2.05, 4.69) is 32.0 Å². The molecule has 0 bridgehead atoms. The Labute approximate surface area is 104 Å². The zero-order valence-electron chi connectivity index (χ0n) is 10.9. The molecule has 0 amide bonds. The van der Waals surface area contributed by atoms with Crippen molar-refractivity contribution in [3.63, 3.8) is 0 Å².